The minimum Gasteiger partial charge on any atom is -0.379 e. The maximum Gasteiger partial charge on any atom is 0.235 e. The molecular formula is C10H22N2O4S. The summed E-state index contributed by atoms with van der Waals surface area (Å²) in [6, 6.07) is -0.00816. The van der Waals surface area contributed by atoms with Crippen LogP contribution >= 0.6 is 0 Å². The van der Waals surface area contributed by atoms with E-state index in [1.807, 2.05) is 13.8 Å². The minimum absolute atomic E-state index is 0.00816. The van der Waals surface area contributed by atoms with Crippen molar-refractivity contribution < 1.29 is 17.9 Å². The summed E-state index contributed by atoms with van der Waals surface area (Å²) in [6.45, 7) is 4.51. The zero-order valence-corrected chi connectivity index (χ0v) is 11.3. The van der Waals surface area contributed by atoms with Gasteiger partial charge in [0.05, 0.1) is 19.0 Å². The van der Waals surface area contributed by atoms with Crippen LogP contribution in [0.25, 0.3) is 0 Å². The molecule has 0 heterocycles. The zero-order chi connectivity index (χ0) is 13.3. The predicted octanol–water partition coefficient (Wildman–Crippen LogP) is -0.709. The van der Waals surface area contributed by atoms with Crippen molar-refractivity contribution in [3.8, 4) is 0 Å². The predicted molar refractivity (Wildman–Crippen MR) is 66.4 cm³/mol. The number of amides is 1. The number of sulfone groups is 1. The Labute approximate surface area is 103 Å². The topological polar surface area (TPSA) is 98.5 Å². The van der Waals surface area contributed by atoms with E-state index in [2.05, 4.69) is 5.32 Å². The number of nitrogens with two attached hydrogens (primary N) is 1. The Bertz CT molecular complexity index is 316. The first-order valence-corrected chi connectivity index (χ1v) is 7.51. The van der Waals surface area contributed by atoms with Gasteiger partial charge < -0.3 is 15.8 Å². The molecule has 3 N–H and O–H groups in total. The molecule has 0 saturated carbocycles. The van der Waals surface area contributed by atoms with E-state index in [0.29, 0.717) is 13.2 Å². The van der Waals surface area contributed by atoms with Crippen molar-refractivity contribution >= 4 is 15.7 Å². The normalized spacial score (nSPS) is 13.4. The highest BCUT2D eigenvalue weighted by molar-refractivity contribution is 7.92. The Morgan fingerprint density at radius 1 is 1.41 bits per heavy atom. The summed E-state index contributed by atoms with van der Waals surface area (Å²) in [7, 11) is -3.39. The smallest absolute Gasteiger partial charge is 0.235 e. The number of nitrogens with one attached hydrogen (secondary N) is 1. The van der Waals surface area contributed by atoms with E-state index in [1.165, 1.54) is 0 Å². The third-order valence-electron chi connectivity index (χ3n) is 2.17. The van der Waals surface area contributed by atoms with Gasteiger partial charge in [-0.05, 0) is 13.3 Å². The number of rotatable bonds is 9. The average molecular weight is 266 g/mol. The minimum atomic E-state index is -3.39. The molecule has 6 nitrogen and oxygen atoms in total. The van der Waals surface area contributed by atoms with Crippen LogP contribution in [0, 0.1) is 0 Å². The summed E-state index contributed by atoms with van der Waals surface area (Å²) >= 11 is 0. The fourth-order valence-corrected chi connectivity index (χ4v) is 2.06. The van der Waals surface area contributed by atoms with E-state index >= 15 is 0 Å². The lowest BCUT2D eigenvalue weighted by Crippen LogP contribution is -2.37. The molecule has 7 heteroatoms. The van der Waals surface area contributed by atoms with Gasteiger partial charge in [-0.1, -0.05) is 6.92 Å². The highest BCUT2D eigenvalue weighted by atomic mass is 32.2. The van der Waals surface area contributed by atoms with Gasteiger partial charge in [-0.2, -0.15) is 0 Å². The SMILES string of the molecule is CCC(C)NC(=O)CS(=O)(=O)CCOCCN. The zero-order valence-electron chi connectivity index (χ0n) is 10.4. The standard InChI is InChI=1S/C10H22N2O4S/c1-3-9(2)12-10(13)8-17(14,15)7-6-16-5-4-11/h9H,3-8,11H2,1-2H3,(H,12,13). The number of hydrogen-bond donors (Lipinski definition) is 2. The summed E-state index contributed by atoms with van der Waals surface area (Å²) in [5.41, 5.74) is 5.19. The van der Waals surface area contributed by atoms with Crippen molar-refractivity contribution in [1.82, 2.24) is 5.32 Å². The first-order valence-electron chi connectivity index (χ1n) is 5.69. The second-order valence-corrected chi connectivity index (χ2v) is 6.05. The van der Waals surface area contributed by atoms with Crippen molar-refractivity contribution in [1.29, 1.82) is 0 Å². The maximum absolute atomic E-state index is 11.5. The summed E-state index contributed by atoms with van der Waals surface area (Å²) in [4.78, 5) is 11.4. The molecule has 1 atom stereocenters. The van der Waals surface area contributed by atoms with Gasteiger partial charge in [-0.3, -0.25) is 4.79 Å². The maximum atomic E-state index is 11.5. The van der Waals surface area contributed by atoms with Gasteiger partial charge >= 0.3 is 0 Å². The summed E-state index contributed by atoms with van der Waals surface area (Å²) in [6.07, 6.45) is 0.769. The molecule has 0 aromatic rings. The van der Waals surface area contributed by atoms with Crippen LogP contribution in [0.3, 0.4) is 0 Å². The van der Waals surface area contributed by atoms with Crippen molar-refractivity contribution in [3.63, 3.8) is 0 Å². The molecule has 0 rings (SSSR count). The number of carbonyl (C=O) groups is 1. The molecule has 1 unspecified atom stereocenters. The van der Waals surface area contributed by atoms with Crippen LogP contribution in [0.1, 0.15) is 20.3 Å². The Morgan fingerprint density at radius 2 is 2.06 bits per heavy atom. The number of ether oxygens (including phenoxy) is 1. The van der Waals surface area contributed by atoms with Crippen LogP contribution in [-0.4, -0.2) is 51.6 Å². The third kappa shape index (κ3) is 9.08. The second-order valence-electron chi connectivity index (χ2n) is 3.87. The Balaban J connectivity index is 3.95. The highest BCUT2D eigenvalue weighted by Gasteiger charge is 2.17. The van der Waals surface area contributed by atoms with Gasteiger partial charge in [-0.15, -0.1) is 0 Å². The molecule has 0 fully saturated rings. The fraction of sp³-hybridized carbons (Fsp3) is 0.900. The van der Waals surface area contributed by atoms with E-state index in [4.69, 9.17) is 10.5 Å². The Hall–Kier alpha value is -0.660. The Kier molecular flexibility index (Phi) is 8.11. The monoisotopic (exact) mass is 266 g/mol. The molecule has 0 saturated heterocycles. The molecule has 0 aliphatic rings. The molecule has 0 spiro atoms. The van der Waals surface area contributed by atoms with E-state index < -0.39 is 21.5 Å². The average Bonchev–Trinajstić information content (AvgIpc) is 2.23. The van der Waals surface area contributed by atoms with E-state index in [9.17, 15) is 13.2 Å². The van der Waals surface area contributed by atoms with Gasteiger partial charge in [0, 0.05) is 12.6 Å². The van der Waals surface area contributed by atoms with Crippen LogP contribution < -0.4 is 11.1 Å². The van der Waals surface area contributed by atoms with Gasteiger partial charge in [0.25, 0.3) is 0 Å². The molecule has 102 valence electrons. The molecule has 0 radical (unpaired) electrons. The van der Waals surface area contributed by atoms with Gasteiger partial charge in [0.15, 0.2) is 9.84 Å². The summed E-state index contributed by atoms with van der Waals surface area (Å²) in [5.74, 6) is -1.09. The number of carbonyl (C=O) groups excluding carboxylic acids is 1. The van der Waals surface area contributed by atoms with Crippen molar-refractivity contribution in [2.24, 2.45) is 5.73 Å². The van der Waals surface area contributed by atoms with Gasteiger partial charge in [0.1, 0.15) is 5.75 Å². The molecule has 0 bridgehead atoms. The third-order valence-corrected chi connectivity index (χ3v) is 3.66. The highest BCUT2D eigenvalue weighted by Crippen LogP contribution is 1.94. The molecule has 1 amide bonds. The molecule has 0 aliphatic heterocycles. The quantitative estimate of drug-likeness (QED) is 0.537. The molecule has 0 aromatic carbocycles. The van der Waals surface area contributed by atoms with Gasteiger partial charge in [0.2, 0.25) is 5.91 Å². The first kappa shape index (κ1) is 16.3. The van der Waals surface area contributed by atoms with E-state index in [-0.39, 0.29) is 18.4 Å². The second kappa shape index (κ2) is 8.43. The molecule has 17 heavy (non-hydrogen) atoms. The lowest BCUT2D eigenvalue weighted by atomic mass is 10.3. The largest absolute Gasteiger partial charge is 0.379 e. The fourth-order valence-electron chi connectivity index (χ4n) is 1.06. The Morgan fingerprint density at radius 3 is 2.59 bits per heavy atom. The summed E-state index contributed by atoms with van der Waals surface area (Å²) in [5, 5.41) is 2.61. The van der Waals surface area contributed by atoms with Crippen LogP contribution in [0.2, 0.25) is 0 Å². The molecule has 0 aromatic heterocycles. The van der Waals surface area contributed by atoms with E-state index in [1.54, 1.807) is 0 Å². The van der Waals surface area contributed by atoms with E-state index in [0.717, 1.165) is 6.42 Å². The van der Waals surface area contributed by atoms with Crippen LogP contribution in [0.5, 0.6) is 0 Å². The number of hydrogen-bond acceptors (Lipinski definition) is 5. The lowest BCUT2D eigenvalue weighted by molar-refractivity contribution is -0.119. The van der Waals surface area contributed by atoms with Crippen LogP contribution in [0.15, 0.2) is 0 Å². The molecular weight excluding hydrogens is 244 g/mol. The lowest BCUT2D eigenvalue weighted by Gasteiger charge is -2.11. The summed E-state index contributed by atoms with van der Waals surface area (Å²) < 4.78 is 28.0. The molecule has 0 aliphatic carbocycles. The first-order chi connectivity index (χ1) is 7.91. The van der Waals surface area contributed by atoms with Crippen molar-refractivity contribution in [2.45, 2.75) is 26.3 Å². The van der Waals surface area contributed by atoms with Crippen molar-refractivity contribution in [3.05, 3.63) is 0 Å². The van der Waals surface area contributed by atoms with Crippen molar-refractivity contribution in [2.75, 3.05) is 31.3 Å². The van der Waals surface area contributed by atoms with Crippen LogP contribution in [0.4, 0.5) is 0 Å². The van der Waals surface area contributed by atoms with Crippen LogP contribution in [-0.2, 0) is 19.4 Å². The van der Waals surface area contributed by atoms with Gasteiger partial charge in [-0.25, -0.2) is 8.42 Å².